The minimum atomic E-state index is -1.17. The van der Waals surface area contributed by atoms with Crippen LogP contribution in [0.3, 0.4) is 0 Å². The molecule has 2 N–H and O–H groups in total. The van der Waals surface area contributed by atoms with E-state index in [0.717, 1.165) is 5.56 Å². The van der Waals surface area contributed by atoms with Crippen LogP contribution < -0.4 is 5.32 Å². The van der Waals surface area contributed by atoms with Crippen LogP contribution in [-0.2, 0) is 17.4 Å². The summed E-state index contributed by atoms with van der Waals surface area (Å²) in [5, 5.41) is 17.7. The number of hydrogen-bond donors (Lipinski definition) is 2. The number of carbonyl (C=O) groups excluding carboxylic acids is 1. The Bertz CT molecular complexity index is 692. The van der Waals surface area contributed by atoms with Crippen molar-refractivity contribution in [3.8, 4) is 0 Å². The zero-order chi connectivity index (χ0) is 16.2. The van der Waals surface area contributed by atoms with Crippen molar-refractivity contribution in [2.45, 2.75) is 12.5 Å². The van der Waals surface area contributed by atoms with Gasteiger partial charge >= 0.3 is 0 Å². The quantitative estimate of drug-likeness (QED) is 0.829. The molecule has 0 unspecified atom stereocenters. The molecule has 2 aromatic rings. The van der Waals surface area contributed by atoms with Crippen LogP contribution in [0, 0.1) is 0 Å². The number of hydrogen-bond acceptors (Lipinski definition) is 3. The topological polar surface area (TPSA) is 67.2 Å². The summed E-state index contributed by atoms with van der Waals surface area (Å²) in [4.78, 5) is 11.8. The van der Waals surface area contributed by atoms with Crippen molar-refractivity contribution in [3.05, 3.63) is 58.9 Å². The molecular formula is C16H18ClN3O2. The monoisotopic (exact) mass is 319 g/mol. The van der Waals surface area contributed by atoms with E-state index in [-0.39, 0.29) is 12.5 Å². The van der Waals surface area contributed by atoms with Gasteiger partial charge in [-0.2, -0.15) is 5.10 Å². The molecule has 0 bridgehead atoms. The van der Waals surface area contributed by atoms with Crippen molar-refractivity contribution in [2.75, 3.05) is 6.54 Å². The first kappa shape index (κ1) is 16.3. The highest BCUT2D eigenvalue weighted by molar-refractivity contribution is 6.30. The Kier molecular flexibility index (Phi) is 5.00. The summed E-state index contributed by atoms with van der Waals surface area (Å²) in [6, 6.07) is 7.19. The van der Waals surface area contributed by atoms with Gasteiger partial charge < -0.3 is 10.4 Å². The smallest absolute Gasteiger partial charge is 0.244 e. The highest BCUT2D eigenvalue weighted by Crippen LogP contribution is 2.18. The number of aliphatic hydroxyl groups is 1. The number of nitrogens with zero attached hydrogens (tertiary/aromatic N) is 2. The fraction of sp³-hybridized carbons (Fsp3) is 0.250. The summed E-state index contributed by atoms with van der Waals surface area (Å²) in [7, 11) is 1.77. The second kappa shape index (κ2) is 6.77. The summed E-state index contributed by atoms with van der Waals surface area (Å²) in [6.45, 7) is 1.72. The lowest BCUT2D eigenvalue weighted by molar-refractivity contribution is -0.117. The number of aromatic nitrogens is 2. The summed E-state index contributed by atoms with van der Waals surface area (Å²) in [6.07, 6.45) is 6.37. The Morgan fingerprint density at radius 3 is 2.95 bits per heavy atom. The first-order valence-corrected chi connectivity index (χ1v) is 7.17. The van der Waals surface area contributed by atoms with Gasteiger partial charge in [0, 0.05) is 29.9 Å². The van der Waals surface area contributed by atoms with Crippen molar-refractivity contribution < 1.29 is 9.90 Å². The molecule has 6 heteroatoms. The maximum absolute atomic E-state index is 11.8. The number of nitrogens with one attached hydrogen (secondary N) is 1. The molecule has 1 aromatic carbocycles. The first-order valence-electron chi connectivity index (χ1n) is 6.80. The van der Waals surface area contributed by atoms with Crippen LogP contribution in [0.2, 0.25) is 5.02 Å². The average molecular weight is 320 g/mol. The molecule has 0 saturated carbocycles. The third kappa shape index (κ3) is 4.44. The molecule has 0 aliphatic carbocycles. The number of amides is 1. The maximum atomic E-state index is 11.8. The van der Waals surface area contributed by atoms with E-state index in [2.05, 4.69) is 10.4 Å². The number of aryl methyl sites for hydroxylation is 1. The molecule has 0 spiro atoms. The Labute approximate surface area is 134 Å². The van der Waals surface area contributed by atoms with E-state index in [1.165, 1.54) is 6.08 Å². The molecule has 1 amide bonds. The van der Waals surface area contributed by atoms with E-state index in [4.69, 9.17) is 11.6 Å². The number of benzene rings is 1. The molecule has 116 valence electrons. The molecule has 0 radical (unpaired) electrons. The van der Waals surface area contributed by atoms with Crippen molar-refractivity contribution in [3.63, 3.8) is 0 Å². The van der Waals surface area contributed by atoms with Gasteiger partial charge in [0.15, 0.2) is 0 Å². The molecule has 2 rings (SSSR count). The van der Waals surface area contributed by atoms with E-state index in [9.17, 15) is 9.90 Å². The summed E-state index contributed by atoms with van der Waals surface area (Å²) in [5.74, 6) is -0.288. The molecule has 5 nitrogen and oxygen atoms in total. The molecular weight excluding hydrogens is 302 g/mol. The zero-order valence-corrected chi connectivity index (χ0v) is 13.2. The fourth-order valence-electron chi connectivity index (χ4n) is 1.90. The second-order valence-corrected chi connectivity index (χ2v) is 5.72. The van der Waals surface area contributed by atoms with E-state index in [1.54, 1.807) is 49.3 Å². The van der Waals surface area contributed by atoms with Crippen molar-refractivity contribution in [2.24, 2.45) is 7.05 Å². The van der Waals surface area contributed by atoms with E-state index >= 15 is 0 Å². The van der Waals surface area contributed by atoms with Crippen molar-refractivity contribution in [1.82, 2.24) is 15.1 Å². The molecule has 1 heterocycles. The number of carbonyl (C=O) groups is 1. The van der Waals surface area contributed by atoms with Crippen LogP contribution in [0.4, 0.5) is 0 Å². The highest BCUT2D eigenvalue weighted by Gasteiger charge is 2.24. The SMILES string of the molecule is Cn1cc([C@](C)(O)CNC(=O)/C=C/c2cccc(Cl)c2)cn1. The standard InChI is InChI=1S/C16H18ClN3O2/c1-16(22,13-9-19-20(2)10-13)11-18-15(21)7-6-12-4-3-5-14(17)8-12/h3-10,22H,11H2,1-2H3,(H,18,21)/b7-6+/t16-/m1/s1. The molecule has 1 aromatic heterocycles. The summed E-state index contributed by atoms with van der Waals surface area (Å²) >= 11 is 5.88. The zero-order valence-electron chi connectivity index (χ0n) is 12.5. The van der Waals surface area contributed by atoms with Gasteiger partial charge in [0.1, 0.15) is 5.60 Å². The minimum absolute atomic E-state index is 0.0947. The largest absolute Gasteiger partial charge is 0.383 e. The van der Waals surface area contributed by atoms with Gasteiger partial charge in [-0.25, -0.2) is 0 Å². The van der Waals surface area contributed by atoms with Crippen LogP contribution in [0.1, 0.15) is 18.1 Å². The van der Waals surface area contributed by atoms with Crippen LogP contribution >= 0.6 is 11.6 Å². The van der Waals surface area contributed by atoms with Gasteiger partial charge in [-0.1, -0.05) is 23.7 Å². The van der Waals surface area contributed by atoms with Crippen LogP contribution in [0.5, 0.6) is 0 Å². The minimum Gasteiger partial charge on any atom is -0.383 e. The Morgan fingerprint density at radius 2 is 2.32 bits per heavy atom. The second-order valence-electron chi connectivity index (χ2n) is 5.28. The molecule has 1 atom stereocenters. The van der Waals surface area contributed by atoms with Gasteiger partial charge in [-0.05, 0) is 30.7 Å². The predicted octanol–water partition coefficient (Wildman–Crippen LogP) is 2.11. The lowest BCUT2D eigenvalue weighted by atomic mass is 10.00. The predicted molar refractivity (Wildman–Crippen MR) is 86.3 cm³/mol. The Hall–Kier alpha value is -2.11. The normalized spacial score (nSPS) is 14.0. The van der Waals surface area contributed by atoms with Crippen molar-refractivity contribution >= 4 is 23.6 Å². The first-order chi connectivity index (χ1) is 10.4. The fourth-order valence-corrected chi connectivity index (χ4v) is 2.10. The Morgan fingerprint density at radius 1 is 1.55 bits per heavy atom. The average Bonchev–Trinajstić information content (AvgIpc) is 2.91. The highest BCUT2D eigenvalue weighted by atomic mass is 35.5. The molecule has 0 fully saturated rings. The van der Waals surface area contributed by atoms with E-state index < -0.39 is 5.60 Å². The van der Waals surface area contributed by atoms with Gasteiger partial charge in [0.25, 0.3) is 0 Å². The van der Waals surface area contributed by atoms with Crippen molar-refractivity contribution in [1.29, 1.82) is 0 Å². The lowest BCUT2D eigenvalue weighted by Crippen LogP contribution is -2.37. The summed E-state index contributed by atoms with van der Waals surface area (Å²) in [5.41, 5.74) is 0.309. The number of halogens is 1. The van der Waals surface area contributed by atoms with Gasteiger partial charge in [0.05, 0.1) is 12.7 Å². The molecule has 22 heavy (non-hydrogen) atoms. The van der Waals surface area contributed by atoms with E-state index in [0.29, 0.717) is 10.6 Å². The van der Waals surface area contributed by atoms with Crippen LogP contribution in [0.25, 0.3) is 6.08 Å². The van der Waals surface area contributed by atoms with Crippen LogP contribution in [-0.4, -0.2) is 27.3 Å². The maximum Gasteiger partial charge on any atom is 0.244 e. The van der Waals surface area contributed by atoms with Crippen LogP contribution in [0.15, 0.2) is 42.7 Å². The third-order valence-electron chi connectivity index (χ3n) is 3.21. The third-order valence-corrected chi connectivity index (χ3v) is 3.44. The summed E-state index contributed by atoms with van der Waals surface area (Å²) < 4.78 is 1.60. The van der Waals surface area contributed by atoms with Gasteiger partial charge in [0.2, 0.25) is 5.91 Å². The lowest BCUT2D eigenvalue weighted by Gasteiger charge is -2.21. The van der Waals surface area contributed by atoms with Gasteiger partial charge in [-0.3, -0.25) is 9.48 Å². The Balaban J connectivity index is 1.92. The molecule has 0 aliphatic rings. The van der Waals surface area contributed by atoms with E-state index in [1.807, 2.05) is 12.1 Å². The molecule has 0 aliphatic heterocycles. The number of rotatable bonds is 5. The molecule has 0 saturated heterocycles. The van der Waals surface area contributed by atoms with Gasteiger partial charge in [-0.15, -0.1) is 0 Å².